The third kappa shape index (κ3) is 4.64. The van der Waals surface area contributed by atoms with Gasteiger partial charge in [-0.3, -0.25) is 0 Å². The molecular weight excluding hydrogens is 380 g/mol. The van der Waals surface area contributed by atoms with Gasteiger partial charge in [-0.1, -0.05) is 56.1 Å². The van der Waals surface area contributed by atoms with Crippen LogP contribution in [0.15, 0.2) is 53.0 Å². The van der Waals surface area contributed by atoms with Crippen molar-refractivity contribution >= 4 is 31.9 Å². The van der Waals surface area contributed by atoms with Crippen molar-refractivity contribution in [3.8, 4) is 5.75 Å². The van der Waals surface area contributed by atoms with Crippen molar-refractivity contribution in [2.24, 2.45) is 0 Å². The molecule has 0 aliphatic carbocycles. The van der Waals surface area contributed by atoms with Crippen LogP contribution in [0, 0.1) is 0 Å². The van der Waals surface area contributed by atoms with E-state index in [1.165, 1.54) is 11.1 Å². The highest BCUT2D eigenvalue weighted by atomic mass is 79.9. The summed E-state index contributed by atoms with van der Waals surface area (Å²) in [6.45, 7) is 4.07. The molecule has 2 aromatic rings. The van der Waals surface area contributed by atoms with Crippen molar-refractivity contribution in [1.29, 1.82) is 0 Å². The average molecular weight is 398 g/mol. The highest BCUT2D eigenvalue weighted by molar-refractivity contribution is 9.10. The van der Waals surface area contributed by atoms with E-state index in [1.807, 2.05) is 26.0 Å². The van der Waals surface area contributed by atoms with E-state index in [9.17, 15) is 0 Å². The van der Waals surface area contributed by atoms with Crippen LogP contribution in [0.2, 0.25) is 0 Å². The summed E-state index contributed by atoms with van der Waals surface area (Å²) in [7, 11) is 0. The lowest BCUT2D eigenvalue weighted by atomic mass is 10.0. The smallest absolute Gasteiger partial charge is 0.119 e. The second-order valence-corrected chi connectivity index (χ2v) is 7.05. The van der Waals surface area contributed by atoms with Crippen LogP contribution in [0.5, 0.6) is 5.75 Å². The number of benzene rings is 2. The lowest BCUT2D eigenvalue weighted by Gasteiger charge is -2.13. The molecule has 0 saturated carbocycles. The van der Waals surface area contributed by atoms with E-state index in [0.717, 1.165) is 16.6 Å². The molecule has 0 bridgehead atoms. The molecule has 0 amide bonds. The standard InChI is InChI=1S/C17H18Br2O/c1-12(2)20-16-9-5-14(6-10-16)17(19)11-13-3-7-15(18)8-4-13/h3-10,12,17H,11H2,1-2H3. The van der Waals surface area contributed by atoms with Gasteiger partial charge in [0.25, 0.3) is 0 Å². The molecule has 20 heavy (non-hydrogen) atoms. The molecule has 0 aliphatic heterocycles. The zero-order chi connectivity index (χ0) is 14.5. The Morgan fingerprint density at radius 1 is 0.950 bits per heavy atom. The van der Waals surface area contributed by atoms with Gasteiger partial charge in [0.15, 0.2) is 0 Å². The van der Waals surface area contributed by atoms with E-state index >= 15 is 0 Å². The minimum Gasteiger partial charge on any atom is -0.491 e. The molecule has 3 heteroatoms. The molecule has 0 heterocycles. The van der Waals surface area contributed by atoms with Crippen molar-refractivity contribution in [2.45, 2.75) is 31.2 Å². The molecule has 0 fully saturated rings. The molecule has 2 rings (SSSR count). The molecule has 2 aromatic carbocycles. The summed E-state index contributed by atoms with van der Waals surface area (Å²) in [6, 6.07) is 16.8. The molecule has 0 aromatic heterocycles. The fourth-order valence-electron chi connectivity index (χ4n) is 1.97. The zero-order valence-corrected chi connectivity index (χ0v) is 14.8. The van der Waals surface area contributed by atoms with Crippen LogP contribution in [0.3, 0.4) is 0 Å². The maximum Gasteiger partial charge on any atom is 0.119 e. The van der Waals surface area contributed by atoms with Crippen LogP contribution >= 0.6 is 31.9 Å². The molecule has 0 radical (unpaired) electrons. The van der Waals surface area contributed by atoms with E-state index in [0.29, 0.717) is 4.83 Å². The molecule has 0 N–H and O–H groups in total. The minimum absolute atomic E-state index is 0.211. The fraction of sp³-hybridized carbons (Fsp3) is 0.294. The number of alkyl halides is 1. The summed E-state index contributed by atoms with van der Waals surface area (Å²) in [5, 5.41) is 0. The second-order valence-electron chi connectivity index (χ2n) is 5.03. The van der Waals surface area contributed by atoms with Crippen LogP contribution in [0.25, 0.3) is 0 Å². The first-order valence-electron chi connectivity index (χ1n) is 6.69. The molecule has 1 nitrogen and oxygen atoms in total. The maximum atomic E-state index is 5.66. The second kappa shape index (κ2) is 7.28. The highest BCUT2D eigenvalue weighted by Gasteiger charge is 2.09. The number of hydrogen-bond donors (Lipinski definition) is 0. The number of halogens is 2. The van der Waals surface area contributed by atoms with E-state index in [1.54, 1.807) is 0 Å². The van der Waals surface area contributed by atoms with E-state index in [-0.39, 0.29) is 6.10 Å². The Morgan fingerprint density at radius 3 is 2.10 bits per heavy atom. The van der Waals surface area contributed by atoms with Gasteiger partial charge in [0, 0.05) is 9.30 Å². The lowest BCUT2D eigenvalue weighted by molar-refractivity contribution is 0.242. The fourth-order valence-corrected chi connectivity index (χ4v) is 2.92. The summed E-state index contributed by atoms with van der Waals surface area (Å²) >= 11 is 7.22. The van der Waals surface area contributed by atoms with Crippen molar-refractivity contribution in [2.75, 3.05) is 0 Å². The van der Waals surface area contributed by atoms with Gasteiger partial charge in [0.2, 0.25) is 0 Å². The Labute approximate surface area is 137 Å². The van der Waals surface area contributed by atoms with Crippen LogP contribution in [0.1, 0.15) is 29.8 Å². The number of rotatable bonds is 5. The van der Waals surface area contributed by atoms with Crippen molar-refractivity contribution in [3.63, 3.8) is 0 Å². The Morgan fingerprint density at radius 2 is 1.55 bits per heavy atom. The molecule has 106 valence electrons. The predicted octanol–water partition coefficient (Wildman–Crippen LogP) is 5.92. The van der Waals surface area contributed by atoms with Gasteiger partial charge in [0.1, 0.15) is 5.75 Å². The summed E-state index contributed by atoms with van der Waals surface area (Å²) in [4.78, 5) is 0.316. The molecule has 0 saturated heterocycles. The topological polar surface area (TPSA) is 9.23 Å². The molecular formula is C17H18Br2O. The average Bonchev–Trinajstić information content (AvgIpc) is 2.41. The SMILES string of the molecule is CC(C)Oc1ccc(C(Br)Cc2ccc(Br)cc2)cc1. The van der Waals surface area contributed by atoms with Crippen molar-refractivity contribution in [3.05, 3.63) is 64.1 Å². The molecule has 0 aliphatic rings. The van der Waals surface area contributed by atoms with Crippen LogP contribution in [0.4, 0.5) is 0 Å². The third-order valence-electron chi connectivity index (χ3n) is 2.94. The summed E-state index contributed by atoms with van der Waals surface area (Å²) in [6.07, 6.45) is 1.18. The number of ether oxygens (including phenoxy) is 1. The first kappa shape index (κ1) is 15.6. The maximum absolute atomic E-state index is 5.66. The first-order valence-corrected chi connectivity index (χ1v) is 8.40. The third-order valence-corrected chi connectivity index (χ3v) is 4.32. The Balaban J connectivity index is 2.01. The van der Waals surface area contributed by atoms with Crippen LogP contribution in [-0.2, 0) is 6.42 Å². The lowest BCUT2D eigenvalue weighted by Crippen LogP contribution is -2.05. The zero-order valence-electron chi connectivity index (χ0n) is 11.6. The van der Waals surface area contributed by atoms with Crippen molar-refractivity contribution in [1.82, 2.24) is 0 Å². The largest absolute Gasteiger partial charge is 0.491 e. The van der Waals surface area contributed by atoms with Gasteiger partial charge in [-0.2, -0.15) is 0 Å². The Hall–Kier alpha value is -0.800. The normalized spacial score (nSPS) is 12.4. The summed E-state index contributed by atoms with van der Waals surface area (Å²) in [5.41, 5.74) is 2.58. The van der Waals surface area contributed by atoms with Gasteiger partial charge in [0.05, 0.1) is 6.10 Å². The monoisotopic (exact) mass is 396 g/mol. The van der Waals surface area contributed by atoms with Gasteiger partial charge < -0.3 is 4.74 Å². The van der Waals surface area contributed by atoms with Gasteiger partial charge in [-0.15, -0.1) is 0 Å². The van der Waals surface area contributed by atoms with Crippen LogP contribution in [-0.4, -0.2) is 6.10 Å². The Kier molecular flexibility index (Phi) is 5.67. The molecule has 1 unspecified atom stereocenters. The van der Waals surface area contributed by atoms with Crippen LogP contribution < -0.4 is 4.74 Å². The van der Waals surface area contributed by atoms with Gasteiger partial charge in [-0.05, 0) is 55.7 Å². The van der Waals surface area contributed by atoms with E-state index in [4.69, 9.17) is 4.74 Å². The van der Waals surface area contributed by atoms with Gasteiger partial charge >= 0.3 is 0 Å². The summed E-state index contributed by atoms with van der Waals surface area (Å²) < 4.78 is 6.77. The van der Waals surface area contributed by atoms with E-state index < -0.39 is 0 Å². The minimum atomic E-state index is 0.211. The van der Waals surface area contributed by atoms with Gasteiger partial charge in [-0.25, -0.2) is 0 Å². The van der Waals surface area contributed by atoms with Crippen molar-refractivity contribution < 1.29 is 4.74 Å². The highest BCUT2D eigenvalue weighted by Crippen LogP contribution is 2.29. The Bertz CT molecular complexity index is 532. The first-order chi connectivity index (χ1) is 9.54. The van der Waals surface area contributed by atoms with E-state index in [2.05, 4.69) is 68.3 Å². The summed E-state index contributed by atoms with van der Waals surface area (Å²) in [5.74, 6) is 0.923. The quantitative estimate of drug-likeness (QED) is 0.569. The number of hydrogen-bond acceptors (Lipinski definition) is 1. The molecule has 1 atom stereocenters. The predicted molar refractivity (Wildman–Crippen MR) is 91.7 cm³/mol. The molecule has 0 spiro atoms.